The first kappa shape index (κ1) is 12.0. The van der Waals surface area contributed by atoms with Gasteiger partial charge < -0.3 is 15.3 Å². The fourth-order valence-corrected chi connectivity index (χ4v) is 2.36. The second-order valence-corrected chi connectivity index (χ2v) is 4.35. The van der Waals surface area contributed by atoms with Gasteiger partial charge in [0.05, 0.1) is 0 Å². The van der Waals surface area contributed by atoms with Crippen molar-refractivity contribution in [2.45, 2.75) is 38.1 Å². The molecule has 3 nitrogen and oxygen atoms in total. The van der Waals surface area contributed by atoms with Crippen LogP contribution in [0.25, 0.3) is 0 Å². The summed E-state index contributed by atoms with van der Waals surface area (Å²) in [5.74, 6) is 0. The van der Waals surface area contributed by atoms with Gasteiger partial charge in [0, 0.05) is 12.1 Å². The predicted molar refractivity (Wildman–Crippen MR) is 59.5 cm³/mol. The minimum Gasteiger partial charge on any atom is -0.396 e. The minimum atomic E-state index is 0.207. The van der Waals surface area contributed by atoms with E-state index in [0.29, 0.717) is 6.61 Å². The molecule has 3 heteroatoms. The molecule has 0 spiro atoms. The zero-order chi connectivity index (χ0) is 10.4. The van der Waals surface area contributed by atoms with Gasteiger partial charge in [-0.1, -0.05) is 6.92 Å². The highest BCUT2D eigenvalue weighted by atomic mass is 16.3. The Morgan fingerprint density at radius 2 is 2.00 bits per heavy atom. The van der Waals surface area contributed by atoms with E-state index in [1.54, 1.807) is 0 Å². The van der Waals surface area contributed by atoms with E-state index < -0.39 is 0 Å². The van der Waals surface area contributed by atoms with E-state index >= 15 is 0 Å². The molecule has 0 unspecified atom stereocenters. The molecule has 0 bridgehead atoms. The van der Waals surface area contributed by atoms with Crippen molar-refractivity contribution in [2.24, 2.45) is 0 Å². The summed E-state index contributed by atoms with van der Waals surface area (Å²) >= 11 is 0. The van der Waals surface area contributed by atoms with E-state index in [4.69, 9.17) is 5.11 Å². The summed E-state index contributed by atoms with van der Waals surface area (Å²) in [6.07, 6.45) is 4.48. The number of nitrogens with zero attached hydrogens (tertiary/aromatic N) is 1. The molecule has 1 fully saturated rings. The third-order valence-corrected chi connectivity index (χ3v) is 3.47. The quantitative estimate of drug-likeness (QED) is 0.690. The summed E-state index contributed by atoms with van der Waals surface area (Å²) in [6.45, 7) is 6.10. The van der Waals surface area contributed by atoms with Crippen LogP contribution in [0, 0.1) is 0 Å². The maximum atomic E-state index is 9.03. The Hall–Kier alpha value is -0.120. The van der Waals surface area contributed by atoms with E-state index in [0.717, 1.165) is 6.42 Å². The Morgan fingerprint density at radius 1 is 1.36 bits per heavy atom. The molecule has 1 saturated heterocycles. The summed E-state index contributed by atoms with van der Waals surface area (Å²) in [7, 11) is 2.02. The van der Waals surface area contributed by atoms with Crippen LogP contribution in [0.5, 0.6) is 0 Å². The lowest BCUT2D eigenvalue weighted by molar-refractivity contribution is 0.114. The Balaban J connectivity index is 2.38. The monoisotopic (exact) mass is 200 g/mol. The van der Waals surface area contributed by atoms with E-state index in [9.17, 15) is 0 Å². The minimum absolute atomic E-state index is 0.207. The van der Waals surface area contributed by atoms with Gasteiger partial charge in [-0.2, -0.15) is 0 Å². The van der Waals surface area contributed by atoms with Crippen LogP contribution >= 0.6 is 0 Å². The smallest absolute Gasteiger partial charge is 0.0448 e. The van der Waals surface area contributed by atoms with Crippen molar-refractivity contribution in [3.63, 3.8) is 0 Å². The molecule has 0 aromatic carbocycles. The average molecular weight is 200 g/mol. The van der Waals surface area contributed by atoms with Gasteiger partial charge >= 0.3 is 0 Å². The highest BCUT2D eigenvalue weighted by molar-refractivity contribution is 4.91. The molecule has 84 valence electrons. The standard InChI is InChI=1S/C11H24N2O/c1-3-7-13-8-4-11(12-2,5-9-13)6-10-14/h12,14H,3-10H2,1-2H3. The van der Waals surface area contributed by atoms with Gasteiger partial charge in [0.25, 0.3) is 0 Å². The number of aliphatic hydroxyl groups excluding tert-OH is 1. The van der Waals surface area contributed by atoms with Crippen LogP contribution in [0.2, 0.25) is 0 Å². The molecular weight excluding hydrogens is 176 g/mol. The highest BCUT2D eigenvalue weighted by Gasteiger charge is 2.31. The Morgan fingerprint density at radius 3 is 2.43 bits per heavy atom. The highest BCUT2D eigenvalue weighted by Crippen LogP contribution is 2.25. The van der Waals surface area contributed by atoms with Crippen molar-refractivity contribution in [1.29, 1.82) is 0 Å². The SMILES string of the molecule is CCCN1CCC(CCO)(NC)CC1. The normalized spacial score (nSPS) is 22.5. The van der Waals surface area contributed by atoms with E-state index in [2.05, 4.69) is 17.1 Å². The molecule has 1 rings (SSSR count). The molecule has 0 aromatic rings. The first-order valence-electron chi connectivity index (χ1n) is 5.78. The predicted octanol–water partition coefficient (Wildman–Crippen LogP) is 0.833. The van der Waals surface area contributed by atoms with Crippen LogP contribution in [0.1, 0.15) is 32.6 Å². The van der Waals surface area contributed by atoms with Gasteiger partial charge in [-0.25, -0.2) is 0 Å². The zero-order valence-corrected chi connectivity index (χ0v) is 9.55. The van der Waals surface area contributed by atoms with Crippen molar-refractivity contribution in [2.75, 3.05) is 33.3 Å². The van der Waals surface area contributed by atoms with Gasteiger partial charge in [0.15, 0.2) is 0 Å². The van der Waals surface area contributed by atoms with Crippen LogP contribution < -0.4 is 5.32 Å². The molecule has 2 N–H and O–H groups in total. The number of hydrogen-bond acceptors (Lipinski definition) is 3. The molecule has 0 aromatic heterocycles. The van der Waals surface area contributed by atoms with Crippen molar-refractivity contribution in [3.8, 4) is 0 Å². The van der Waals surface area contributed by atoms with Crippen LogP contribution in [0.4, 0.5) is 0 Å². The van der Waals surface area contributed by atoms with Gasteiger partial charge in [0.1, 0.15) is 0 Å². The third-order valence-electron chi connectivity index (χ3n) is 3.47. The van der Waals surface area contributed by atoms with Gasteiger partial charge in [-0.15, -0.1) is 0 Å². The first-order chi connectivity index (χ1) is 6.76. The van der Waals surface area contributed by atoms with E-state index in [1.807, 2.05) is 7.05 Å². The van der Waals surface area contributed by atoms with Crippen molar-refractivity contribution >= 4 is 0 Å². The maximum absolute atomic E-state index is 9.03. The topological polar surface area (TPSA) is 35.5 Å². The molecular formula is C11H24N2O. The van der Waals surface area contributed by atoms with Crippen LogP contribution in [0.15, 0.2) is 0 Å². The molecule has 1 aliphatic heterocycles. The molecule has 1 heterocycles. The Kier molecular flexibility index (Phi) is 4.85. The number of nitrogens with one attached hydrogen (secondary N) is 1. The largest absolute Gasteiger partial charge is 0.396 e. The van der Waals surface area contributed by atoms with Crippen molar-refractivity contribution in [3.05, 3.63) is 0 Å². The van der Waals surface area contributed by atoms with Crippen LogP contribution in [-0.4, -0.2) is 48.8 Å². The van der Waals surface area contributed by atoms with E-state index in [-0.39, 0.29) is 5.54 Å². The van der Waals surface area contributed by atoms with Crippen LogP contribution in [0.3, 0.4) is 0 Å². The van der Waals surface area contributed by atoms with Gasteiger partial charge in [-0.3, -0.25) is 0 Å². The molecule has 0 radical (unpaired) electrons. The van der Waals surface area contributed by atoms with Crippen molar-refractivity contribution in [1.82, 2.24) is 10.2 Å². The zero-order valence-electron chi connectivity index (χ0n) is 9.55. The van der Waals surface area contributed by atoms with Gasteiger partial charge in [-0.05, 0) is 52.4 Å². The summed E-state index contributed by atoms with van der Waals surface area (Å²) in [5, 5.41) is 12.4. The van der Waals surface area contributed by atoms with E-state index in [1.165, 1.54) is 38.9 Å². The lowest BCUT2D eigenvalue weighted by Crippen LogP contribution is -2.52. The summed E-state index contributed by atoms with van der Waals surface area (Å²) in [4.78, 5) is 2.52. The van der Waals surface area contributed by atoms with Crippen molar-refractivity contribution < 1.29 is 5.11 Å². The second-order valence-electron chi connectivity index (χ2n) is 4.35. The average Bonchev–Trinajstić information content (AvgIpc) is 2.22. The Bertz CT molecular complexity index is 153. The maximum Gasteiger partial charge on any atom is 0.0448 e. The number of piperidine rings is 1. The Labute approximate surface area is 87.5 Å². The van der Waals surface area contributed by atoms with Gasteiger partial charge in [0.2, 0.25) is 0 Å². The lowest BCUT2D eigenvalue weighted by Gasteiger charge is -2.41. The molecule has 0 amide bonds. The molecule has 0 atom stereocenters. The fraction of sp³-hybridized carbons (Fsp3) is 1.00. The summed E-state index contributed by atoms with van der Waals surface area (Å²) < 4.78 is 0. The number of hydrogen-bond donors (Lipinski definition) is 2. The molecule has 0 saturated carbocycles. The second kappa shape index (κ2) is 5.69. The summed E-state index contributed by atoms with van der Waals surface area (Å²) in [5.41, 5.74) is 0.207. The summed E-state index contributed by atoms with van der Waals surface area (Å²) in [6, 6.07) is 0. The molecule has 1 aliphatic rings. The molecule has 14 heavy (non-hydrogen) atoms. The third kappa shape index (κ3) is 2.94. The first-order valence-corrected chi connectivity index (χ1v) is 5.78. The number of aliphatic hydroxyl groups is 1. The molecule has 0 aliphatic carbocycles. The lowest BCUT2D eigenvalue weighted by atomic mass is 9.85. The number of rotatable bonds is 5. The fourth-order valence-electron chi connectivity index (χ4n) is 2.36. The van der Waals surface area contributed by atoms with Crippen LogP contribution in [-0.2, 0) is 0 Å². The number of likely N-dealkylation sites (tertiary alicyclic amines) is 1.